The summed E-state index contributed by atoms with van der Waals surface area (Å²) in [5, 5.41) is 3.31. The Morgan fingerprint density at radius 1 is 1.36 bits per heavy atom. The number of nitrogens with zero attached hydrogens (tertiary/aromatic N) is 2. The van der Waals surface area contributed by atoms with Gasteiger partial charge in [-0.2, -0.15) is 0 Å². The minimum atomic E-state index is -4.74. The lowest BCUT2D eigenvalue weighted by molar-refractivity contribution is -0.274. The molecule has 3 rings (SSSR count). The Bertz CT molecular complexity index is 627. The van der Waals surface area contributed by atoms with E-state index in [1.165, 1.54) is 12.1 Å². The van der Waals surface area contributed by atoms with E-state index in [0.29, 0.717) is 24.7 Å². The number of alkyl halides is 3. The van der Waals surface area contributed by atoms with Gasteiger partial charge in [-0.15, -0.1) is 25.6 Å². The van der Waals surface area contributed by atoms with E-state index >= 15 is 0 Å². The van der Waals surface area contributed by atoms with Crippen LogP contribution in [0.5, 0.6) is 5.75 Å². The third kappa shape index (κ3) is 4.99. The zero-order valence-corrected chi connectivity index (χ0v) is 14.6. The zero-order valence-electron chi connectivity index (χ0n) is 13.8. The Morgan fingerprint density at radius 3 is 2.80 bits per heavy atom. The summed E-state index contributed by atoms with van der Waals surface area (Å²) in [7, 11) is 0. The molecule has 1 fully saturated rings. The van der Waals surface area contributed by atoms with E-state index in [-0.39, 0.29) is 30.6 Å². The molecule has 0 aliphatic carbocycles. The van der Waals surface area contributed by atoms with Crippen LogP contribution in [0.4, 0.5) is 18.9 Å². The molecule has 1 aromatic carbocycles. The number of halogens is 4. The molecule has 140 valence electrons. The number of anilines is 1. The third-order valence-electron chi connectivity index (χ3n) is 4.30. The Kier molecular flexibility index (Phi) is 6.18. The number of carbonyl (C=O) groups is 1. The molecule has 25 heavy (non-hydrogen) atoms. The first-order valence-corrected chi connectivity index (χ1v) is 7.96. The minimum absolute atomic E-state index is 0. The average molecular weight is 380 g/mol. The van der Waals surface area contributed by atoms with E-state index in [1.54, 1.807) is 11.0 Å². The molecule has 0 saturated carbocycles. The summed E-state index contributed by atoms with van der Waals surface area (Å²) in [4.78, 5) is 16.2. The summed E-state index contributed by atoms with van der Waals surface area (Å²) in [6.07, 6.45) is -4.09. The maximum Gasteiger partial charge on any atom is 0.573 e. The second-order valence-corrected chi connectivity index (χ2v) is 6.22. The van der Waals surface area contributed by atoms with E-state index in [9.17, 15) is 18.0 Å². The first-order valence-electron chi connectivity index (χ1n) is 7.96. The lowest BCUT2D eigenvalue weighted by Gasteiger charge is -2.32. The lowest BCUT2D eigenvalue weighted by Crippen LogP contribution is -2.52. The van der Waals surface area contributed by atoms with Crippen molar-refractivity contribution in [2.24, 2.45) is 0 Å². The molecule has 0 radical (unpaired) electrons. The molecule has 5 nitrogen and oxygen atoms in total. The summed E-state index contributed by atoms with van der Waals surface area (Å²) in [6, 6.07) is 4.51. The topological polar surface area (TPSA) is 44.8 Å². The fraction of sp³-hybridized carbons (Fsp3) is 0.562. The SMILES string of the molecule is C[C@@H]1CN(CC(=O)N2CCc3ccc(OC(F)(F)F)cc32)CCN1.Cl. The van der Waals surface area contributed by atoms with Crippen molar-refractivity contribution in [2.45, 2.75) is 25.7 Å². The number of piperazine rings is 1. The van der Waals surface area contributed by atoms with E-state index in [2.05, 4.69) is 21.9 Å². The van der Waals surface area contributed by atoms with Crippen LogP contribution in [-0.2, 0) is 11.2 Å². The summed E-state index contributed by atoms with van der Waals surface area (Å²) < 4.78 is 41.1. The smallest absolute Gasteiger partial charge is 0.406 e. The van der Waals surface area contributed by atoms with Gasteiger partial charge in [0.25, 0.3) is 0 Å². The highest BCUT2D eigenvalue weighted by Crippen LogP contribution is 2.34. The molecular formula is C16H21ClF3N3O2. The van der Waals surface area contributed by atoms with Gasteiger partial charge in [0.2, 0.25) is 5.91 Å². The quantitative estimate of drug-likeness (QED) is 0.874. The molecule has 2 aliphatic rings. The molecule has 0 spiro atoms. The predicted molar refractivity (Wildman–Crippen MR) is 90.3 cm³/mol. The fourth-order valence-electron chi connectivity index (χ4n) is 3.25. The van der Waals surface area contributed by atoms with Gasteiger partial charge in [0.15, 0.2) is 0 Å². The van der Waals surface area contributed by atoms with Crippen LogP contribution >= 0.6 is 12.4 Å². The maximum atomic E-state index is 12.6. The number of amides is 1. The van der Waals surface area contributed by atoms with Crippen molar-refractivity contribution in [3.05, 3.63) is 23.8 Å². The van der Waals surface area contributed by atoms with Crippen LogP contribution in [0.3, 0.4) is 0 Å². The standard InChI is InChI=1S/C16H20F3N3O2.ClH/c1-11-9-21(7-5-20-11)10-15(23)22-6-4-12-2-3-13(8-14(12)22)24-16(17,18)19;/h2-3,8,11,20H,4-7,9-10H2,1H3;1H/t11-;/m1./s1. The van der Waals surface area contributed by atoms with E-state index in [1.807, 2.05) is 0 Å². The Balaban J connectivity index is 0.00000225. The molecule has 1 saturated heterocycles. The van der Waals surface area contributed by atoms with Crippen LogP contribution in [0.1, 0.15) is 12.5 Å². The number of ether oxygens (including phenoxy) is 1. The van der Waals surface area contributed by atoms with Gasteiger partial charge in [0, 0.05) is 38.3 Å². The van der Waals surface area contributed by atoms with E-state index in [0.717, 1.165) is 25.2 Å². The highest BCUT2D eigenvalue weighted by atomic mass is 35.5. The zero-order chi connectivity index (χ0) is 17.3. The lowest BCUT2D eigenvalue weighted by atomic mass is 10.1. The third-order valence-corrected chi connectivity index (χ3v) is 4.30. The van der Waals surface area contributed by atoms with Crippen molar-refractivity contribution in [1.29, 1.82) is 0 Å². The van der Waals surface area contributed by atoms with E-state index in [4.69, 9.17) is 0 Å². The number of nitrogens with one attached hydrogen (secondary N) is 1. The van der Waals surface area contributed by atoms with Gasteiger partial charge in [-0.05, 0) is 25.0 Å². The van der Waals surface area contributed by atoms with Crippen molar-refractivity contribution < 1.29 is 22.7 Å². The van der Waals surface area contributed by atoms with Crippen LogP contribution in [-0.4, -0.2) is 55.9 Å². The molecule has 2 aliphatic heterocycles. The van der Waals surface area contributed by atoms with Crippen LogP contribution < -0.4 is 15.0 Å². The average Bonchev–Trinajstić information content (AvgIpc) is 2.88. The van der Waals surface area contributed by atoms with Gasteiger partial charge in [-0.3, -0.25) is 9.69 Å². The number of benzene rings is 1. The molecule has 1 atom stereocenters. The van der Waals surface area contributed by atoms with Gasteiger partial charge in [-0.1, -0.05) is 6.07 Å². The summed E-state index contributed by atoms with van der Waals surface area (Å²) in [5.41, 5.74) is 1.39. The molecule has 1 N–H and O–H groups in total. The molecule has 0 aromatic heterocycles. The highest BCUT2D eigenvalue weighted by molar-refractivity contribution is 5.97. The van der Waals surface area contributed by atoms with Gasteiger partial charge in [0.05, 0.1) is 12.2 Å². The highest BCUT2D eigenvalue weighted by Gasteiger charge is 2.33. The number of rotatable bonds is 3. The summed E-state index contributed by atoms with van der Waals surface area (Å²) in [6.45, 7) is 5.22. The Labute approximate surface area is 150 Å². The van der Waals surface area contributed by atoms with Gasteiger partial charge in [0.1, 0.15) is 5.75 Å². The summed E-state index contributed by atoms with van der Waals surface area (Å²) in [5.74, 6) is -0.385. The molecule has 1 aromatic rings. The Morgan fingerprint density at radius 2 is 2.12 bits per heavy atom. The van der Waals surface area contributed by atoms with Crippen molar-refractivity contribution in [3.8, 4) is 5.75 Å². The van der Waals surface area contributed by atoms with Crippen molar-refractivity contribution in [1.82, 2.24) is 10.2 Å². The van der Waals surface area contributed by atoms with Crippen molar-refractivity contribution >= 4 is 24.0 Å². The number of hydrogen-bond acceptors (Lipinski definition) is 4. The molecule has 1 amide bonds. The fourth-order valence-corrected chi connectivity index (χ4v) is 3.25. The monoisotopic (exact) mass is 379 g/mol. The maximum absolute atomic E-state index is 12.6. The number of hydrogen-bond donors (Lipinski definition) is 1. The largest absolute Gasteiger partial charge is 0.573 e. The summed E-state index contributed by atoms with van der Waals surface area (Å²) >= 11 is 0. The normalized spacial score (nSPS) is 20.8. The second kappa shape index (κ2) is 7.80. The number of fused-ring (bicyclic) bond motifs is 1. The second-order valence-electron chi connectivity index (χ2n) is 6.22. The van der Waals surface area contributed by atoms with Gasteiger partial charge in [-0.25, -0.2) is 0 Å². The van der Waals surface area contributed by atoms with Crippen molar-refractivity contribution in [3.63, 3.8) is 0 Å². The van der Waals surface area contributed by atoms with Gasteiger partial charge < -0.3 is 15.0 Å². The Hall–Kier alpha value is -1.51. The van der Waals surface area contributed by atoms with Crippen molar-refractivity contribution in [2.75, 3.05) is 37.6 Å². The van der Waals surface area contributed by atoms with E-state index < -0.39 is 6.36 Å². The molecule has 0 unspecified atom stereocenters. The van der Waals surface area contributed by atoms with Crippen LogP contribution in [0, 0.1) is 0 Å². The minimum Gasteiger partial charge on any atom is -0.406 e. The van der Waals surface area contributed by atoms with Gasteiger partial charge >= 0.3 is 6.36 Å². The molecular weight excluding hydrogens is 359 g/mol. The molecule has 0 bridgehead atoms. The van der Waals surface area contributed by atoms with Crippen LogP contribution in [0.2, 0.25) is 0 Å². The first-order chi connectivity index (χ1) is 11.3. The first kappa shape index (κ1) is 19.8. The molecule has 2 heterocycles. The predicted octanol–water partition coefficient (Wildman–Crippen LogP) is 2.19. The van der Waals surface area contributed by atoms with Crippen LogP contribution in [0.15, 0.2) is 18.2 Å². The molecule has 9 heteroatoms. The number of carbonyl (C=O) groups excluding carboxylic acids is 1. The van der Waals surface area contributed by atoms with Crippen LogP contribution in [0.25, 0.3) is 0 Å².